The van der Waals surface area contributed by atoms with Crippen LogP contribution in [0.15, 0.2) is 0 Å². The van der Waals surface area contributed by atoms with Gasteiger partial charge in [0.1, 0.15) is 0 Å². The van der Waals surface area contributed by atoms with E-state index in [-0.39, 0.29) is 18.1 Å². The first-order valence-corrected chi connectivity index (χ1v) is 4.46. The highest BCUT2D eigenvalue weighted by Crippen LogP contribution is 1.97. The van der Waals surface area contributed by atoms with Gasteiger partial charge in [0, 0.05) is 19.1 Å². The average molecular weight is 188 g/mol. The molecule has 0 atom stereocenters. The Morgan fingerprint density at radius 3 is 2.38 bits per heavy atom. The Kier molecular flexibility index (Phi) is 4.95. The van der Waals surface area contributed by atoms with Crippen LogP contribution >= 0.6 is 0 Å². The number of aliphatic hydroxyl groups excluding tert-OH is 1. The molecule has 0 aliphatic carbocycles. The first-order valence-electron chi connectivity index (χ1n) is 4.46. The van der Waals surface area contributed by atoms with Crippen molar-refractivity contribution in [2.45, 2.75) is 26.3 Å². The Bertz CT molecular complexity index is 163. The lowest BCUT2D eigenvalue weighted by Gasteiger charge is -2.22. The zero-order chi connectivity index (χ0) is 10.5. The van der Waals surface area contributed by atoms with Gasteiger partial charge < -0.3 is 15.3 Å². The molecule has 4 nitrogen and oxygen atoms in total. The lowest BCUT2D eigenvalue weighted by molar-refractivity contribution is -0.129. The van der Waals surface area contributed by atoms with E-state index in [4.69, 9.17) is 5.11 Å². The monoisotopic (exact) mass is 188 g/mol. The molecule has 1 amide bonds. The van der Waals surface area contributed by atoms with Gasteiger partial charge >= 0.3 is 0 Å². The van der Waals surface area contributed by atoms with Crippen molar-refractivity contribution in [2.24, 2.45) is 0 Å². The molecule has 78 valence electrons. The lowest BCUT2D eigenvalue weighted by atomic mass is 10.1. The molecule has 0 heterocycles. The van der Waals surface area contributed by atoms with Crippen LogP contribution in [0, 0.1) is 0 Å². The molecule has 0 aromatic heterocycles. The van der Waals surface area contributed by atoms with Crippen LogP contribution in [-0.2, 0) is 4.79 Å². The van der Waals surface area contributed by atoms with Crippen LogP contribution < -0.4 is 5.32 Å². The van der Waals surface area contributed by atoms with Crippen LogP contribution in [0.5, 0.6) is 0 Å². The third-order valence-corrected chi connectivity index (χ3v) is 1.63. The van der Waals surface area contributed by atoms with Crippen molar-refractivity contribution in [1.82, 2.24) is 10.2 Å². The van der Waals surface area contributed by atoms with Gasteiger partial charge in [-0.05, 0) is 20.8 Å². The SMILES string of the molecule is CN(CCO)C(=O)CNC(C)(C)C. The third kappa shape index (κ3) is 6.54. The van der Waals surface area contributed by atoms with Crippen molar-refractivity contribution in [1.29, 1.82) is 0 Å². The second-order valence-electron chi connectivity index (χ2n) is 4.14. The molecule has 0 saturated carbocycles. The van der Waals surface area contributed by atoms with Gasteiger partial charge in [-0.2, -0.15) is 0 Å². The molecule has 0 aromatic carbocycles. The summed E-state index contributed by atoms with van der Waals surface area (Å²) < 4.78 is 0. The molecule has 0 fully saturated rings. The Hall–Kier alpha value is -0.610. The van der Waals surface area contributed by atoms with Gasteiger partial charge in [-0.1, -0.05) is 0 Å². The van der Waals surface area contributed by atoms with E-state index in [1.54, 1.807) is 7.05 Å². The number of carbonyl (C=O) groups excluding carboxylic acids is 1. The zero-order valence-electron chi connectivity index (χ0n) is 8.92. The van der Waals surface area contributed by atoms with E-state index in [9.17, 15) is 4.79 Å². The van der Waals surface area contributed by atoms with Crippen molar-refractivity contribution in [3.05, 3.63) is 0 Å². The van der Waals surface area contributed by atoms with Crippen LogP contribution in [0.1, 0.15) is 20.8 Å². The summed E-state index contributed by atoms with van der Waals surface area (Å²) in [4.78, 5) is 12.8. The number of hydrogen-bond donors (Lipinski definition) is 2. The summed E-state index contributed by atoms with van der Waals surface area (Å²) in [6.45, 7) is 6.74. The van der Waals surface area contributed by atoms with E-state index in [2.05, 4.69) is 5.32 Å². The summed E-state index contributed by atoms with van der Waals surface area (Å²) in [6.07, 6.45) is 0. The minimum atomic E-state index is -0.0459. The fourth-order valence-electron chi connectivity index (χ4n) is 0.750. The standard InChI is InChI=1S/C9H20N2O2/c1-9(2,3)10-7-8(13)11(4)5-6-12/h10,12H,5-7H2,1-4H3. The summed E-state index contributed by atoms with van der Waals surface area (Å²) in [7, 11) is 1.68. The molecule has 0 aliphatic heterocycles. The molecule has 4 heteroatoms. The summed E-state index contributed by atoms with van der Waals surface area (Å²) >= 11 is 0. The van der Waals surface area contributed by atoms with E-state index in [0.29, 0.717) is 13.1 Å². The largest absolute Gasteiger partial charge is 0.395 e. The van der Waals surface area contributed by atoms with Crippen molar-refractivity contribution >= 4 is 5.91 Å². The first-order chi connectivity index (χ1) is 5.87. The molecule has 0 aromatic rings. The highest BCUT2D eigenvalue weighted by atomic mass is 16.3. The molecule has 0 bridgehead atoms. The van der Waals surface area contributed by atoms with Crippen molar-refractivity contribution in [3.63, 3.8) is 0 Å². The Morgan fingerprint density at radius 2 is 2.00 bits per heavy atom. The molecule has 13 heavy (non-hydrogen) atoms. The molecule has 0 saturated heterocycles. The van der Waals surface area contributed by atoms with Crippen molar-refractivity contribution in [3.8, 4) is 0 Å². The van der Waals surface area contributed by atoms with Crippen LogP contribution in [0.4, 0.5) is 0 Å². The van der Waals surface area contributed by atoms with Gasteiger partial charge in [0.15, 0.2) is 0 Å². The number of nitrogens with zero attached hydrogens (tertiary/aromatic N) is 1. The van der Waals surface area contributed by atoms with Gasteiger partial charge in [-0.25, -0.2) is 0 Å². The average Bonchev–Trinajstić information content (AvgIpc) is 1.99. The maximum atomic E-state index is 11.3. The van der Waals surface area contributed by atoms with E-state index in [0.717, 1.165) is 0 Å². The summed E-state index contributed by atoms with van der Waals surface area (Å²) in [6, 6.07) is 0. The Morgan fingerprint density at radius 1 is 1.46 bits per heavy atom. The topological polar surface area (TPSA) is 52.6 Å². The third-order valence-electron chi connectivity index (χ3n) is 1.63. The van der Waals surface area contributed by atoms with Crippen molar-refractivity contribution < 1.29 is 9.90 Å². The Labute approximate surface area is 79.9 Å². The van der Waals surface area contributed by atoms with E-state index in [1.165, 1.54) is 4.90 Å². The number of rotatable bonds is 4. The summed E-state index contributed by atoms with van der Waals surface area (Å²) in [5, 5.41) is 11.7. The lowest BCUT2D eigenvalue weighted by Crippen LogP contribution is -2.44. The highest BCUT2D eigenvalue weighted by Gasteiger charge is 2.13. The smallest absolute Gasteiger partial charge is 0.236 e. The molecule has 0 unspecified atom stereocenters. The predicted molar refractivity (Wildman–Crippen MR) is 52.5 cm³/mol. The Balaban J connectivity index is 3.74. The minimum absolute atomic E-state index is 0.00368. The summed E-state index contributed by atoms with van der Waals surface area (Å²) in [5.74, 6) is 0.00368. The van der Waals surface area contributed by atoms with Crippen LogP contribution in [0.25, 0.3) is 0 Å². The second kappa shape index (κ2) is 5.19. The highest BCUT2D eigenvalue weighted by molar-refractivity contribution is 5.78. The maximum absolute atomic E-state index is 11.3. The fourth-order valence-corrected chi connectivity index (χ4v) is 0.750. The number of amides is 1. The molecular weight excluding hydrogens is 168 g/mol. The van der Waals surface area contributed by atoms with E-state index >= 15 is 0 Å². The quantitative estimate of drug-likeness (QED) is 0.644. The van der Waals surface area contributed by atoms with Crippen LogP contribution in [0.3, 0.4) is 0 Å². The van der Waals surface area contributed by atoms with Gasteiger partial charge in [0.2, 0.25) is 5.91 Å². The van der Waals surface area contributed by atoms with Crippen LogP contribution in [0.2, 0.25) is 0 Å². The summed E-state index contributed by atoms with van der Waals surface area (Å²) in [5.41, 5.74) is -0.0459. The predicted octanol–water partition coefficient (Wildman–Crippen LogP) is -0.175. The molecule has 0 spiro atoms. The number of aliphatic hydroxyl groups is 1. The first kappa shape index (κ1) is 12.4. The van der Waals surface area contributed by atoms with Gasteiger partial charge in [0.25, 0.3) is 0 Å². The molecular formula is C9H20N2O2. The van der Waals surface area contributed by atoms with Gasteiger partial charge in [-0.15, -0.1) is 0 Å². The molecule has 0 rings (SSSR count). The molecule has 0 radical (unpaired) electrons. The van der Waals surface area contributed by atoms with Crippen molar-refractivity contribution in [2.75, 3.05) is 26.7 Å². The fraction of sp³-hybridized carbons (Fsp3) is 0.889. The number of nitrogens with one attached hydrogen (secondary N) is 1. The van der Waals surface area contributed by atoms with E-state index < -0.39 is 0 Å². The number of carbonyl (C=O) groups is 1. The van der Waals surface area contributed by atoms with Gasteiger partial charge in [0.05, 0.1) is 13.2 Å². The number of hydrogen-bond acceptors (Lipinski definition) is 3. The van der Waals surface area contributed by atoms with E-state index in [1.807, 2.05) is 20.8 Å². The normalized spacial score (nSPS) is 11.5. The molecule has 2 N–H and O–H groups in total. The maximum Gasteiger partial charge on any atom is 0.236 e. The van der Waals surface area contributed by atoms with Crippen LogP contribution in [-0.4, -0.2) is 48.2 Å². The van der Waals surface area contributed by atoms with Gasteiger partial charge in [-0.3, -0.25) is 4.79 Å². The number of likely N-dealkylation sites (N-methyl/N-ethyl adjacent to an activating group) is 1. The zero-order valence-corrected chi connectivity index (χ0v) is 8.92. The minimum Gasteiger partial charge on any atom is -0.395 e. The molecule has 0 aliphatic rings. The second-order valence-corrected chi connectivity index (χ2v) is 4.14.